The Hall–Kier alpha value is -1.61. The maximum absolute atomic E-state index is 5.71. The number of aromatic nitrogens is 2. The van der Waals surface area contributed by atoms with Crippen molar-refractivity contribution in [3.63, 3.8) is 0 Å². The van der Waals surface area contributed by atoms with Gasteiger partial charge in [0.2, 0.25) is 0 Å². The molecule has 3 nitrogen and oxygen atoms in total. The van der Waals surface area contributed by atoms with Crippen LogP contribution in [0.1, 0.15) is 41.3 Å². The van der Waals surface area contributed by atoms with Crippen LogP contribution in [0.15, 0.2) is 24.3 Å². The molecular weight excluding hydrogens is 222 g/mol. The van der Waals surface area contributed by atoms with Gasteiger partial charge >= 0.3 is 0 Å². The van der Waals surface area contributed by atoms with Crippen LogP contribution in [0.4, 0.5) is 0 Å². The third-order valence-electron chi connectivity index (χ3n) is 3.73. The summed E-state index contributed by atoms with van der Waals surface area (Å²) in [5, 5.41) is 4.62. The Kier molecular flexibility index (Phi) is 2.71. The van der Waals surface area contributed by atoms with Crippen LogP contribution in [0.5, 0.6) is 0 Å². The largest absolute Gasteiger partial charge is 0.325 e. The molecule has 94 valence electrons. The lowest BCUT2D eigenvalue weighted by Gasteiger charge is -2.09. The zero-order valence-corrected chi connectivity index (χ0v) is 11.0. The molecule has 0 bridgehead atoms. The highest BCUT2D eigenvalue weighted by atomic mass is 15.3. The molecule has 1 fully saturated rings. The smallest absolute Gasteiger partial charge is 0.0767 e. The monoisotopic (exact) mass is 241 g/mol. The van der Waals surface area contributed by atoms with Gasteiger partial charge in [-0.3, -0.25) is 0 Å². The fourth-order valence-corrected chi connectivity index (χ4v) is 2.28. The van der Waals surface area contributed by atoms with Crippen molar-refractivity contribution in [1.29, 1.82) is 0 Å². The molecule has 1 aromatic heterocycles. The molecule has 0 atom stereocenters. The van der Waals surface area contributed by atoms with Crippen molar-refractivity contribution in [2.75, 3.05) is 0 Å². The van der Waals surface area contributed by atoms with E-state index in [0.717, 1.165) is 11.4 Å². The van der Waals surface area contributed by atoms with Crippen LogP contribution in [0.3, 0.4) is 0 Å². The van der Waals surface area contributed by atoms with Gasteiger partial charge in [0.15, 0.2) is 0 Å². The van der Waals surface area contributed by atoms with E-state index in [-0.39, 0.29) is 0 Å². The van der Waals surface area contributed by atoms with Gasteiger partial charge in [0.05, 0.1) is 11.4 Å². The van der Waals surface area contributed by atoms with Gasteiger partial charge in [-0.2, -0.15) is 5.10 Å². The molecule has 1 aromatic carbocycles. The van der Waals surface area contributed by atoms with Gasteiger partial charge in [-0.1, -0.05) is 6.07 Å². The number of nitrogens with two attached hydrogens (primary N) is 1. The molecule has 2 aromatic rings. The lowest BCUT2D eigenvalue weighted by molar-refractivity contribution is 0.785. The van der Waals surface area contributed by atoms with Crippen molar-refractivity contribution in [3.8, 4) is 5.69 Å². The highest BCUT2D eigenvalue weighted by Gasteiger charge is 2.28. The summed E-state index contributed by atoms with van der Waals surface area (Å²) in [7, 11) is 0. The highest BCUT2D eigenvalue weighted by Crippen LogP contribution is 2.41. The summed E-state index contributed by atoms with van der Waals surface area (Å²) in [4.78, 5) is 0. The first-order valence-corrected chi connectivity index (χ1v) is 6.55. The molecule has 1 aliphatic carbocycles. The standard InChI is InChI=1S/C15H19N3/c1-10-3-6-14(7-11(10)2)18-15(12-4-5-12)8-13(9-16)17-18/h3,6-8,12H,4-5,9,16H2,1-2H3. The fraction of sp³-hybridized carbons (Fsp3) is 0.400. The second-order valence-corrected chi connectivity index (χ2v) is 5.22. The molecule has 2 N–H and O–H groups in total. The Balaban J connectivity index is 2.08. The summed E-state index contributed by atoms with van der Waals surface area (Å²) in [5.74, 6) is 0.680. The summed E-state index contributed by atoms with van der Waals surface area (Å²) in [6.45, 7) is 4.79. The van der Waals surface area contributed by atoms with Crippen molar-refractivity contribution in [1.82, 2.24) is 9.78 Å². The van der Waals surface area contributed by atoms with Gasteiger partial charge in [-0.05, 0) is 56.0 Å². The van der Waals surface area contributed by atoms with Crippen LogP contribution >= 0.6 is 0 Å². The van der Waals surface area contributed by atoms with Gasteiger partial charge in [-0.25, -0.2) is 4.68 Å². The second-order valence-electron chi connectivity index (χ2n) is 5.22. The van der Waals surface area contributed by atoms with Crippen molar-refractivity contribution >= 4 is 0 Å². The number of hydrogen-bond acceptors (Lipinski definition) is 2. The van der Waals surface area contributed by atoms with Crippen LogP contribution < -0.4 is 5.73 Å². The van der Waals surface area contributed by atoms with E-state index in [1.165, 1.54) is 29.7 Å². The highest BCUT2D eigenvalue weighted by molar-refractivity contribution is 5.41. The van der Waals surface area contributed by atoms with E-state index in [1.54, 1.807) is 0 Å². The van der Waals surface area contributed by atoms with Crippen LogP contribution in [-0.2, 0) is 6.54 Å². The van der Waals surface area contributed by atoms with Crippen LogP contribution in [0.2, 0.25) is 0 Å². The van der Waals surface area contributed by atoms with E-state index in [4.69, 9.17) is 5.73 Å². The minimum Gasteiger partial charge on any atom is -0.325 e. The number of aryl methyl sites for hydroxylation is 2. The van der Waals surface area contributed by atoms with Gasteiger partial charge in [-0.15, -0.1) is 0 Å². The van der Waals surface area contributed by atoms with Gasteiger partial charge < -0.3 is 5.73 Å². The molecule has 0 aliphatic heterocycles. The topological polar surface area (TPSA) is 43.8 Å². The summed E-state index contributed by atoms with van der Waals surface area (Å²) in [5.41, 5.74) is 11.8. The molecular formula is C15H19N3. The maximum Gasteiger partial charge on any atom is 0.0767 e. The second kappa shape index (κ2) is 4.25. The van der Waals surface area contributed by atoms with Crippen molar-refractivity contribution < 1.29 is 0 Å². The molecule has 3 heteroatoms. The molecule has 3 rings (SSSR count). The Bertz CT molecular complexity index is 579. The fourth-order valence-electron chi connectivity index (χ4n) is 2.28. The lowest BCUT2D eigenvalue weighted by atomic mass is 10.1. The Morgan fingerprint density at radius 2 is 2.00 bits per heavy atom. The van der Waals surface area contributed by atoms with Crippen LogP contribution in [0.25, 0.3) is 5.69 Å². The predicted molar refractivity (Wildman–Crippen MR) is 72.9 cm³/mol. The molecule has 0 radical (unpaired) electrons. The van der Waals surface area contributed by atoms with Crippen molar-refractivity contribution in [2.45, 2.75) is 39.2 Å². The van der Waals surface area contributed by atoms with Crippen molar-refractivity contribution in [2.24, 2.45) is 5.73 Å². The molecule has 18 heavy (non-hydrogen) atoms. The minimum absolute atomic E-state index is 0.511. The average Bonchev–Trinajstić information content (AvgIpc) is 3.12. The zero-order valence-electron chi connectivity index (χ0n) is 11.0. The van der Waals surface area contributed by atoms with Gasteiger partial charge in [0, 0.05) is 18.2 Å². The van der Waals surface area contributed by atoms with Gasteiger partial charge in [0.25, 0.3) is 0 Å². The van der Waals surface area contributed by atoms with E-state index in [1.807, 2.05) is 0 Å². The van der Waals surface area contributed by atoms with Crippen LogP contribution in [-0.4, -0.2) is 9.78 Å². The molecule has 0 spiro atoms. The third kappa shape index (κ3) is 1.95. The molecule has 0 amide bonds. The molecule has 0 unspecified atom stereocenters. The Morgan fingerprint density at radius 1 is 1.22 bits per heavy atom. The molecule has 1 saturated carbocycles. The maximum atomic E-state index is 5.71. The normalized spacial score (nSPS) is 15.1. The third-order valence-corrected chi connectivity index (χ3v) is 3.73. The number of benzene rings is 1. The SMILES string of the molecule is Cc1ccc(-n2nc(CN)cc2C2CC2)cc1C. The summed E-state index contributed by atoms with van der Waals surface area (Å²) in [6.07, 6.45) is 2.56. The first kappa shape index (κ1) is 11.5. The minimum atomic E-state index is 0.511. The Morgan fingerprint density at radius 3 is 2.61 bits per heavy atom. The predicted octanol–water partition coefficient (Wildman–Crippen LogP) is 2.83. The van der Waals surface area contributed by atoms with Gasteiger partial charge in [0.1, 0.15) is 0 Å². The van der Waals surface area contributed by atoms with Crippen LogP contribution in [0, 0.1) is 13.8 Å². The Labute approximate surface area is 108 Å². The van der Waals surface area contributed by atoms with E-state index in [2.05, 4.69) is 47.9 Å². The summed E-state index contributed by atoms with van der Waals surface area (Å²) < 4.78 is 2.08. The molecule has 0 saturated heterocycles. The quantitative estimate of drug-likeness (QED) is 0.898. The molecule has 1 heterocycles. The van der Waals surface area contributed by atoms with Crippen molar-refractivity contribution in [3.05, 3.63) is 46.8 Å². The number of nitrogens with zero attached hydrogens (tertiary/aromatic N) is 2. The first-order valence-electron chi connectivity index (χ1n) is 6.55. The average molecular weight is 241 g/mol. The van der Waals surface area contributed by atoms with E-state index < -0.39 is 0 Å². The first-order chi connectivity index (χ1) is 8.69. The number of hydrogen-bond donors (Lipinski definition) is 1. The van der Waals surface area contributed by atoms with E-state index >= 15 is 0 Å². The lowest BCUT2D eigenvalue weighted by Crippen LogP contribution is -2.03. The summed E-state index contributed by atoms with van der Waals surface area (Å²) >= 11 is 0. The summed E-state index contributed by atoms with van der Waals surface area (Å²) in [6, 6.07) is 8.66. The number of rotatable bonds is 3. The van der Waals surface area contributed by atoms with E-state index in [0.29, 0.717) is 12.5 Å². The zero-order chi connectivity index (χ0) is 12.7. The molecule has 1 aliphatic rings. The van der Waals surface area contributed by atoms with E-state index in [9.17, 15) is 0 Å².